The lowest BCUT2D eigenvalue weighted by atomic mass is 10.1. The summed E-state index contributed by atoms with van der Waals surface area (Å²) in [6.07, 6.45) is 1.48. The summed E-state index contributed by atoms with van der Waals surface area (Å²) in [7, 11) is 0. The number of hydrogen-bond donors (Lipinski definition) is 0. The molecule has 2 aromatic rings. The molecule has 0 atom stereocenters. The topological polar surface area (TPSA) is 36.9 Å². The van der Waals surface area contributed by atoms with Crippen molar-refractivity contribution >= 4 is 15.9 Å². The van der Waals surface area contributed by atoms with Gasteiger partial charge >= 0.3 is 0 Å². The van der Waals surface area contributed by atoms with Gasteiger partial charge in [-0.3, -0.25) is 0 Å². The number of furan rings is 1. The fraction of sp³-hybridized carbons (Fsp3) is 0. The zero-order valence-corrected chi connectivity index (χ0v) is 9.08. The first-order valence-electron chi connectivity index (χ1n) is 4.16. The van der Waals surface area contributed by atoms with Crippen LogP contribution >= 0.6 is 15.9 Å². The zero-order valence-electron chi connectivity index (χ0n) is 7.50. The van der Waals surface area contributed by atoms with Crippen LogP contribution in [0.5, 0.6) is 0 Å². The molecular weight excluding hydrogens is 261 g/mol. The Labute approximate surface area is 94.1 Å². The van der Waals surface area contributed by atoms with E-state index in [2.05, 4.69) is 15.9 Å². The molecule has 0 amide bonds. The van der Waals surface area contributed by atoms with Crippen LogP contribution in [0, 0.1) is 17.1 Å². The van der Waals surface area contributed by atoms with Crippen LogP contribution in [0.15, 0.2) is 39.4 Å². The van der Waals surface area contributed by atoms with Gasteiger partial charge in [0.25, 0.3) is 0 Å². The summed E-state index contributed by atoms with van der Waals surface area (Å²) < 4.78 is 18.7. The Kier molecular flexibility index (Phi) is 2.57. The molecule has 15 heavy (non-hydrogen) atoms. The standard InChI is InChI=1S/C11H5BrFNO/c12-11-8(13)4-3-7(6-14)10(11)9-2-1-5-15-9/h1-5H. The van der Waals surface area contributed by atoms with Crippen LogP contribution in [-0.4, -0.2) is 0 Å². The largest absolute Gasteiger partial charge is 0.464 e. The first kappa shape index (κ1) is 9.94. The Morgan fingerprint density at radius 1 is 1.33 bits per heavy atom. The van der Waals surface area contributed by atoms with Crippen LogP contribution in [0.1, 0.15) is 5.56 Å². The summed E-state index contributed by atoms with van der Waals surface area (Å²) in [6.45, 7) is 0. The molecule has 0 N–H and O–H groups in total. The van der Waals surface area contributed by atoms with Crippen molar-refractivity contribution in [1.82, 2.24) is 0 Å². The number of rotatable bonds is 1. The van der Waals surface area contributed by atoms with Crippen molar-refractivity contribution in [2.75, 3.05) is 0 Å². The van der Waals surface area contributed by atoms with Crippen LogP contribution in [-0.2, 0) is 0 Å². The zero-order chi connectivity index (χ0) is 10.8. The molecule has 0 radical (unpaired) electrons. The van der Waals surface area contributed by atoms with Crippen LogP contribution in [0.4, 0.5) is 4.39 Å². The second kappa shape index (κ2) is 3.87. The quantitative estimate of drug-likeness (QED) is 0.788. The molecule has 4 heteroatoms. The molecular formula is C11H5BrFNO. The summed E-state index contributed by atoms with van der Waals surface area (Å²) >= 11 is 3.11. The number of nitriles is 1. The number of nitrogens with zero attached hydrogens (tertiary/aromatic N) is 1. The molecule has 1 aromatic carbocycles. The van der Waals surface area contributed by atoms with Gasteiger partial charge < -0.3 is 4.42 Å². The van der Waals surface area contributed by atoms with Crippen LogP contribution in [0.25, 0.3) is 11.3 Å². The third-order valence-electron chi connectivity index (χ3n) is 1.98. The van der Waals surface area contributed by atoms with E-state index >= 15 is 0 Å². The van der Waals surface area contributed by atoms with Crippen molar-refractivity contribution < 1.29 is 8.81 Å². The van der Waals surface area contributed by atoms with Crippen molar-refractivity contribution in [1.29, 1.82) is 5.26 Å². The average molecular weight is 266 g/mol. The molecule has 1 heterocycles. The monoisotopic (exact) mass is 265 g/mol. The van der Waals surface area contributed by atoms with Crippen LogP contribution < -0.4 is 0 Å². The highest BCUT2D eigenvalue weighted by Crippen LogP contribution is 2.33. The molecule has 0 saturated heterocycles. The van der Waals surface area contributed by atoms with Gasteiger partial charge in [-0.25, -0.2) is 4.39 Å². The minimum Gasteiger partial charge on any atom is -0.464 e. The van der Waals surface area contributed by atoms with E-state index in [0.717, 1.165) is 0 Å². The molecule has 1 aromatic heterocycles. The fourth-order valence-electron chi connectivity index (χ4n) is 1.31. The third kappa shape index (κ3) is 1.66. The molecule has 0 aliphatic heterocycles. The third-order valence-corrected chi connectivity index (χ3v) is 2.76. The van der Waals surface area contributed by atoms with Crippen molar-refractivity contribution in [3.05, 3.63) is 46.4 Å². The van der Waals surface area contributed by atoms with Crippen LogP contribution in [0.3, 0.4) is 0 Å². The lowest BCUT2D eigenvalue weighted by Crippen LogP contribution is -1.88. The van der Waals surface area contributed by atoms with E-state index in [1.165, 1.54) is 18.4 Å². The van der Waals surface area contributed by atoms with Gasteiger partial charge in [-0.2, -0.15) is 5.26 Å². The Bertz CT molecular complexity index is 528. The van der Waals surface area contributed by atoms with Gasteiger partial charge in [0, 0.05) is 0 Å². The highest BCUT2D eigenvalue weighted by atomic mass is 79.9. The Balaban J connectivity index is 2.74. The Hall–Kier alpha value is -1.60. The molecule has 2 rings (SSSR count). The minimum atomic E-state index is -0.416. The van der Waals surface area contributed by atoms with Crippen molar-refractivity contribution in [2.45, 2.75) is 0 Å². The molecule has 0 bridgehead atoms. The summed E-state index contributed by atoms with van der Waals surface area (Å²) in [6, 6.07) is 8.04. The molecule has 0 spiro atoms. The van der Waals surface area contributed by atoms with E-state index < -0.39 is 5.82 Å². The van der Waals surface area contributed by atoms with E-state index in [1.807, 2.05) is 6.07 Å². The predicted octanol–water partition coefficient (Wildman–Crippen LogP) is 3.72. The first-order valence-corrected chi connectivity index (χ1v) is 4.95. The maximum absolute atomic E-state index is 13.3. The lowest BCUT2D eigenvalue weighted by Gasteiger charge is -2.04. The summed E-state index contributed by atoms with van der Waals surface area (Å²) in [5, 5.41) is 8.90. The van der Waals surface area contributed by atoms with Crippen molar-refractivity contribution in [2.24, 2.45) is 0 Å². The van der Waals surface area contributed by atoms with E-state index in [0.29, 0.717) is 16.9 Å². The van der Waals surface area contributed by atoms with E-state index in [4.69, 9.17) is 9.68 Å². The normalized spacial score (nSPS) is 9.93. The molecule has 74 valence electrons. The van der Waals surface area contributed by atoms with Gasteiger partial charge in [0.2, 0.25) is 0 Å². The Morgan fingerprint density at radius 2 is 2.13 bits per heavy atom. The number of halogens is 2. The summed E-state index contributed by atoms with van der Waals surface area (Å²) in [5.41, 5.74) is 0.820. The Morgan fingerprint density at radius 3 is 2.73 bits per heavy atom. The molecule has 0 aliphatic rings. The lowest BCUT2D eigenvalue weighted by molar-refractivity contribution is 0.578. The van der Waals surface area contributed by atoms with Gasteiger partial charge in [-0.15, -0.1) is 0 Å². The highest BCUT2D eigenvalue weighted by molar-refractivity contribution is 9.10. The summed E-state index contributed by atoms with van der Waals surface area (Å²) in [4.78, 5) is 0. The van der Waals surface area contributed by atoms with Crippen molar-refractivity contribution in [3.63, 3.8) is 0 Å². The van der Waals surface area contributed by atoms with E-state index in [-0.39, 0.29) is 4.47 Å². The van der Waals surface area contributed by atoms with Crippen molar-refractivity contribution in [3.8, 4) is 17.4 Å². The predicted molar refractivity (Wildman–Crippen MR) is 56.5 cm³/mol. The molecule has 0 aliphatic carbocycles. The van der Waals surface area contributed by atoms with E-state index in [9.17, 15) is 4.39 Å². The van der Waals surface area contributed by atoms with E-state index in [1.54, 1.807) is 12.1 Å². The van der Waals surface area contributed by atoms with Gasteiger partial charge in [0.15, 0.2) is 0 Å². The van der Waals surface area contributed by atoms with Gasteiger partial charge in [0.05, 0.1) is 27.9 Å². The minimum absolute atomic E-state index is 0.247. The fourth-order valence-corrected chi connectivity index (χ4v) is 1.85. The molecule has 0 saturated carbocycles. The van der Waals surface area contributed by atoms with Crippen LogP contribution in [0.2, 0.25) is 0 Å². The highest BCUT2D eigenvalue weighted by Gasteiger charge is 2.15. The summed E-state index contributed by atoms with van der Waals surface area (Å²) in [5.74, 6) is 0.0540. The maximum atomic E-state index is 13.3. The second-order valence-electron chi connectivity index (χ2n) is 2.87. The maximum Gasteiger partial charge on any atom is 0.138 e. The van der Waals surface area contributed by atoms with Gasteiger partial charge in [-0.1, -0.05) is 0 Å². The first-order chi connectivity index (χ1) is 7.24. The molecule has 0 fully saturated rings. The SMILES string of the molecule is N#Cc1ccc(F)c(Br)c1-c1ccco1. The molecule has 0 unspecified atom stereocenters. The smallest absolute Gasteiger partial charge is 0.138 e. The number of hydrogen-bond acceptors (Lipinski definition) is 2. The average Bonchev–Trinajstić information content (AvgIpc) is 2.75. The number of benzene rings is 1. The van der Waals surface area contributed by atoms with Gasteiger partial charge in [-0.05, 0) is 40.2 Å². The van der Waals surface area contributed by atoms with Gasteiger partial charge in [0.1, 0.15) is 11.6 Å². The second-order valence-corrected chi connectivity index (χ2v) is 3.67. The molecule has 2 nitrogen and oxygen atoms in total.